The maximum atomic E-state index is 12.0. The Kier molecular flexibility index (Phi) is 6.71. The summed E-state index contributed by atoms with van der Waals surface area (Å²) in [6, 6.07) is 1.60. The SMILES string of the molecule is CNc1ccncc1S(=O)(=O)NCCOCCOC. The fraction of sp³-hybridized carbons (Fsp3) is 0.545. The molecule has 0 aromatic carbocycles. The Morgan fingerprint density at radius 3 is 2.79 bits per heavy atom. The molecule has 0 unspecified atom stereocenters. The highest BCUT2D eigenvalue weighted by Crippen LogP contribution is 2.18. The normalized spacial score (nSPS) is 11.5. The first-order chi connectivity index (χ1) is 9.11. The number of nitrogens with zero attached hydrogens (tertiary/aromatic N) is 1. The van der Waals surface area contributed by atoms with Crippen molar-refractivity contribution in [2.75, 3.05) is 45.8 Å². The van der Waals surface area contributed by atoms with Gasteiger partial charge in [-0.1, -0.05) is 0 Å². The van der Waals surface area contributed by atoms with Crippen molar-refractivity contribution >= 4 is 15.7 Å². The van der Waals surface area contributed by atoms with Crippen LogP contribution in [0.1, 0.15) is 0 Å². The molecule has 0 bridgehead atoms. The molecule has 2 N–H and O–H groups in total. The topological polar surface area (TPSA) is 89.6 Å². The number of hydrogen-bond acceptors (Lipinski definition) is 6. The quantitative estimate of drug-likeness (QED) is 0.625. The molecule has 0 saturated heterocycles. The van der Waals surface area contributed by atoms with Crippen LogP contribution < -0.4 is 10.0 Å². The van der Waals surface area contributed by atoms with Crippen LogP contribution in [0.15, 0.2) is 23.4 Å². The lowest BCUT2D eigenvalue weighted by Crippen LogP contribution is -2.28. The van der Waals surface area contributed by atoms with Crippen LogP contribution in [0.4, 0.5) is 5.69 Å². The first-order valence-corrected chi connectivity index (χ1v) is 7.28. The van der Waals surface area contributed by atoms with Gasteiger partial charge in [0.2, 0.25) is 10.0 Å². The molecule has 7 nitrogen and oxygen atoms in total. The highest BCUT2D eigenvalue weighted by Gasteiger charge is 2.17. The molecule has 0 aliphatic heterocycles. The molecule has 108 valence electrons. The number of aromatic nitrogens is 1. The average Bonchev–Trinajstić information content (AvgIpc) is 2.42. The predicted molar refractivity (Wildman–Crippen MR) is 71.7 cm³/mol. The Morgan fingerprint density at radius 2 is 2.11 bits per heavy atom. The third-order valence-corrected chi connectivity index (χ3v) is 3.80. The summed E-state index contributed by atoms with van der Waals surface area (Å²) < 4.78 is 36.5. The fourth-order valence-electron chi connectivity index (χ4n) is 1.37. The van der Waals surface area contributed by atoms with Crippen molar-refractivity contribution in [3.63, 3.8) is 0 Å². The number of methoxy groups -OCH3 is 1. The lowest BCUT2D eigenvalue weighted by molar-refractivity contribution is 0.0736. The standard InChI is InChI=1S/C11H19N3O4S/c1-12-10-3-4-13-9-11(10)19(15,16)14-5-6-18-8-7-17-2/h3-4,9,14H,5-8H2,1-2H3,(H,12,13). The third kappa shape index (κ3) is 5.11. The van der Waals surface area contributed by atoms with Crippen molar-refractivity contribution in [3.05, 3.63) is 18.5 Å². The van der Waals surface area contributed by atoms with E-state index in [4.69, 9.17) is 9.47 Å². The maximum Gasteiger partial charge on any atom is 0.244 e. The van der Waals surface area contributed by atoms with E-state index in [-0.39, 0.29) is 18.0 Å². The molecule has 1 aromatic rings. The van der Waals surface area contributed by atoms with Crippen LogP contribution in [-0.2, 0) is 19.5 Å². The minimum atomic E-state index is -3.58. The third-order valence-electron chi connectivity index (χ3n) is 2.31. The second kappa shape index (κ2) is 8.05. The van der Waals surface area contributed by atoms with Crippen LogP contribution in [0.3, 0.4) is 0 Å². The number of nitrogens with one attached hydrogen (secondary N) is 2. The zero-order valence-electron chi connectivity index (χ0n) is 11.0. The monoisotopic (exact) mass is 289 g/mol. The summed E-state index contributed by atoms with van der Waals surface area (Å²) >= 11 is 0. The molecule has 1 rings (SSSR count). The molecule has 0 fully saturated rings. The van der Waals surface area contributed by atoms with Gasteiger partial charge >= 0.3 is 0 Å². The van der Waals surface area contributed by atoms with Gasteiger partial charge in [-0.05, 0) is 6.07 Å². The first kappa shape index (κ1) is 15.8. The van der Waals surface area contributed by atoms with Gasteiger partial charge in [-0.3, -0.25) is 4.98 Å². The van der Waals surface area contributed by atoms with Gasteiger partial charge in [-0.15, -0.1) is 0 Å². The average molecular weight is 289 g/mol. The molecule has 1 heterocycles. The Balaban J connectivity index is 2.52. The minimum Gasteiger partial charge on any atom is -0.387 e. The van der Waals surface area contributed by atoms with Crippen LogP contribution in [0.2, 0.25) is 0 Å². The molecule has 0 amide bonds. The Morgan fingerprint density at radius 1 is 1.32 bits per heavy atom. The van der Waals surface area contributed by atoms with Crippen LogP contribution in [0.25, 0.3) is 0 Å². The summed E-state index contributed by atoms with van der Waals surface area (Å²) in [5, 5.41) is 2.81. The summed E-state index contributed by atoms with van der Waals surface area (Å²) in [6.07, 6.45) is 2.83. The van der Waals surface area contributed by atoms with Crippen molar-refractivity contribution in [2.45, 2.75) is 4.90 Å². The van der Waals surface area contributed by atoms with Crippen molar-refractivity contribution in [1.82, 2.24) is 9.71 Å². The van der Waals surface area contributed by atoms with Crippen LogP contribution in [-0.4, -0.2) is 53.9 Å². The summed E-state index contributed by atoms with van der Waals surface area (Å²) in [7, 11) is -0.350. The zero-order chi connectivity index (χ0) is 14.1. The van der Waals surface area contributed by atoms with Crippen molar-refractivity contribution in [3.8, 4) is 0 Å². The minimum absolute atomic E-state index is 0.120. The summed E-state index contributed by atoms with van der Waals surface area (Å²) in [5.41, 5.74) is 0.503. The van der Waals surface area contributed by atoms with E-state index >= 15 is 0 Å². The molecule has 0 atom stereocenters. The van der Waals surface area contributed by atoms with E-state index in [1.165, 1.54) is 12.4 Å². The molecule has 0 radical (unpaired) electrons. The van der Waals surface area contributed by atoms with E-state index in [0.29, 0.717) is 18.9 Å². The second-order valence-corrected chi connectivity index (χ2v) is 5.36. The smallest absolute Gasteiger partial charge is 0.244 e. The van der Waals surface area contributed by atoms with Gasteiger partial charge in [-0.2, -0.15) is 0 Å². The van der Waals surface area contributed by atoms with Crippen LogP contribution >= 0.6 is 0 Å². The highest BCUT2D eigenvalue weighted by atomic mass is 32.2. The number of sulfonamides is 1. The predicted octanol–water partition coefficient (Wildman–Crippen LogP) is 0.0646. The van der Waals surface area contributed by atoms with Crippen LogP contribution in [0, 0.1) is 0 Å². The van der Waals surface area contributed by atoms with Crippen LogP contribution in [0.5, 0.6) is 0 Å². The van der Waals surface area contributed by atoms with E-state index in [1.54, 1.807) is 20.2 Å². The molecule has 0 spiro atoms. The fourth-order valence-corrected chi connectivity index (χ4v) is 2.54. The van der Waals surface area contributed by atoms with Crippen molar-refractivity contribution in [2.24, 2.45) is 0 Å². The summed E-state index contributed by atoms with van der Waals surface area (Å²) in [4.78, 5) is 3.94. The number of pyridine rings is 1. The van der Waals surface area contributed by atoms with E-state index in [2.05, 4.69) is 15.0 Å². The van der Waals surface area contributed by atoms with E-state index in [9.17, 15) is 8.42 Å². The molecule has 0 aliphatic carbocycles. The number of rotatable bonds is 9. The molecular weight excluding hydrogens is 270 g/mol. The largest absolute Gasteiger partial charge is 0.387 e. The van der Waals surface area contributed by atoms with Gasteiger partial charge < -0.3 is 14.8 Å². The molecule has 1 aromatic heterocycles. The second-order valence-electron chi connectivity index (χ2n) is 3.62. The molecule has 19 heavy (non-hydrogen) atoms. The van der Waals surface area contributed by atoms with E-state index < -0.39 is 10.0 Å². The molecule has 8 heteroatoms. The van der Waals surface area contributed by atoms with Gasteiger partial charge in [0.1, 0.15) is 4.90 Å². The Hall–Kier alpha value is -1.22. The Labute approximate surface area is 113 Å². The van der Waals surface area contributed by atoms with Gasteiger partial charge in [-0.25, -0.2) is 13.1 Å². The summed E-state index contributed by atoms with van der Waals surface area (Å²) in [5.74, 6) is 0. The van der Waals surface area contributed by atoms with Gasteiger partial charge in [0.05, 0.1) is 25.5 Å². The molecule has 0 aliphatic rings. The molecular formula is C11H19N3O4S. The van der Waals surface area contributed by atoms with Gasteiger partial charge in [0, 0.05) is 33.1 Å². The van der Waals surface area contributed by atoms with E-state index in [1.807, 2.05) is 0 Å². The van der Waals surface area contributed by atoms with Crippen molar-refractivity contribution in [1.29, 1.82) is 0 Å². The number of ether oxygens (including phenoxy) is 2. The summed E-state index contributed by atoms with van der Waals surface area (Å²) in [6.45, 7) is 1.41. The lowest BCUT2D eigenvalue weighted by atomic mass is 10.4. The highest BCUT2D eigenvalue weighted by molar-refractivity contribution is 7.89. The van der Waals surface area contributed by atoms with Gasteiger partial charge in [0.15, 0.2) is 0 Å². The number of anilines is 1. The first-order valence-electron chi connectivity index (χ1n) is 5.80. The van der Waals surface area contributed by atoms with E-state index in [0.717, 1.165) is 0 Å². The van der Waals surface area contributed by atoms with Crippen molar-refractivity contribution < 1.29 is 17.9 Å². The van der Waals surface area contributed by atoms with Gasteiger partial charge in [0.25, 0.3) is 0 Å². The maximum absolute atomic E-state index is 12.0. The number of hydrogen-bond donors (Lipinski definition) is 2. The molecule has 0 saturated carbocycles. The Bertz CT molecular complexity index is 479. The zero-order valence-corrected chi connectivity index (χ0v) is 11.9. The lowest BCUT2D eigenvalue weighted by Gasteiger charge is -2.10.